The fourth-order valence-electron chi connectivity index (χ4n) is 2.33. The molecular formula is C15H17F3N4O3. The molecule has 2 aromatic rings. The van der Waals surface area contributed by atoms with E-state index in [0.29, 0.717) is 11.4 Å². The SMILES string of the molecule is Nc1cccc2cc(C(=O)N3CCNCC3)[nH]c12.O=C(O)C(F)(F)F. The van der Waals surface area contributed by atoms with Gasteiger partial charge in [0.15, 0.2) is 0 Å². The number of aliphatic carboxylic acids is 1. The van der Waals surface area contributed by atoms with Gasteiger partial charge in [0.1, 0.15) is 5.69 Å². The predicted octanol–water partition coefficient (Wildman–Crippen LogP) is 1.43. The molecule has 136 valence electrons. The van der Waals surface area contributed by atoms with Crippen LogP contribution in [0, 0.1) is 0 Å². The third-order valence-corrected chi connectivity index (χ3v) is 3.57. The zero-order chi connectivity index (χ0) is 18.6. The number of amides is 1. The predicted molar refractivity (Wildman–Crippen MR) is 85.2 cm³/mol. The highest BCUT2D eigenvalue weighted by Crippen LogP contribution is 2.21. The van der Waals surface area contributed by atoms with E-state index in [4.69, 9.17) is 15.6 Å². The summed E-state index contributed by atoms with van der Waals surface area (Å²) in [6.07, 6.45) is -5.08. The molecule has 1 aliphatic heterocycles. The van der Waals surface area contributed by atoms with Gasteiger partial charge in [-0.25, -0.2) is 4.79 Å². The number of benzene rings is 1. The third kappa shape index (κ3) is 4.63. The maximum absolute atomic E-state index is 12.3. The van der Waals surface area contributed by atoms with Crippen molar-refractivity contribution in [2.24, 2.45) is 0 Å². The van der Waals surface area contributed by atoms with Gasteiger partial charge in [0.05, 0.1) is 11.2 Å². The number of nitrogen functional groups attached to an aromatic ring is 1. The Morgan fingerprint density at radius 2 is 1.80 bits per heavy atom. The Bertz CT molecular complexity index is 767. The molecule has 1 saturated heterocycles. The van der Waals surface area contributed by atoms with Crippen LogP contribution in [0.15, 0.2) is 24.3 Å². The van der Waals surface area contributed by atoms with E-state index in [-0.39, 0.29) is 5.91 Å². The molecule has 1 aromatic heterocycles. The maximum atomic E-state index is 12.3. The second-order valence-electron chi connectivity index (χ2n) is 5.34. The summed E-state index contributed by atoms with van der Waals surface area (Å²) in [4.78, 5) is 26.2. The summed E-state index contributed by atoms with van der Waals surface area (Å²) >= 11 is 0. The molecule has 3 rings (SSSR count). The van der Waals surface area contributed by atoms with Gasteiger partial charge in [-0.3, -0.25) is 4.79 Å². The van der Waals surface area contributed by atoms with Crippen LogP contribution in [0.2, 0.25) is 0 Å². The van der Waals surface area contributed by atoms with Crippen molar-refractivity contribution < 1.29 is 27.9 Å². The first-order valence-electron chi connectivity index (χ1n) is 7.37. The van der Waals surface area contributed by atoms with Crippen LogP contribution in [0.25, 0.3) is 10.9 Å². The Hall–Kier alpha value is -2.75. The monoisotopic (exact) mass is 358 g/mol. The largest absolute Gasteiger partial charge is 0.490 e. The highest BCUT2D eigenvalue weighted by molar-refractivity contribution is 6.00. The van der Waals surface area contributed by atoms with Gasteiger partial charge in [-0.1, -0.05) is 12.1 Å². The number of alkyl halides is 3. The number of para-hydroxylation sites is 1. The van der Waals surface area contributed by atoms with Crippen LogP contribution in [0.4, 0.5) is 18.9 Å². The number of anilines is 1. The molecule has 7 nitrogen and oxygen atoms in total. The molecule has 0 atom stereocenters. The van der Waals surface area contributed by atoms with Crippen molar-refractivity contribution >= 4 is 28.5 Å². The Morgan fingerprint density at radius 1 is 1.20 bits per heavy atom. The maximum Gasteiger partial charge on any atom is 0.490 e. The lowest BCUT2D eigenvalue weighted by atomic mass is 10.2. The highest BCUT2D eigenvalue weighted by Gasteiger charge is 2.38. The van der Waals surface area contributed by atoms with Crippen molar-refractivity contribution in [3.8, 4) is 0 Å². The number of hydrogen-bond donors (Lipinski definition) is 4. The summed E-state index contributed by atoms with van der Waals surface area (Å²) in [6, 6.07) is 7.55. The minimum atomic E-state index is -5.08. The van der Waals surface area contributed by atoms with Crippen molar-refractivity contribution in [1.29, 1.82) is 0 Å². The number of rotatable bonds is 1. The van der Waals surface area contributed by atoms with E-state index in [1.165, 1.54) is 0 Å². The lowest BCUT2D eigenvalue weighted by Gasteiger charge is -2.26. The van der Waals surface area contributed by atoms with E-state index in [2.05, 4.69) is 10.3 Å². The molecule has 0 radical (unpaired) electrons. The van der Waals surface area contributed by atoms with Crippen LogP contribution in [-0.2, 0) is 4.79 Å². The minimum Gasteiger partial charge on any atom is -0.475 e. The molecule has 0 unspecified atom stereocenters. The number of nitrogens with two attached hydrogens (primary N) is 1. The molecule has 0 spiro atoms. The molecule has 1 fully saturated rings. The van der Waals surface area contributed by atoms with Crippen LogP contribution < -0.4 is 11.1 Å². The molecule has 0 bridgehead atoms. The average Bonchev–Trinajstić information content (AvgIpc) is 3.00. The fraction of sp³-hybridized carbons (Fsp3) is 0.333. The number of carbonyl (C=O) groups is 2. The molecule has 2 heterocycles. The summed E-state index contributed by atoms with van der Waals surface area (Å²) in [5.74, 6) is -2.71. The smallest absolute Gasteiger partial charge is 0.475 e. The van der Waals surface area contributed by atoms with Gasteiger partial charge in [0.2, 0.25) is 0 Å². The van der Waals surface area contributed by atoms with Gasteiger partial charge in [-0.2, -0.15) is 13.2 Å². The molecule has 25 heavy (non-hydrogen) atoms. The first kappa shape index (κ1) is 18.6. The number of carbonyl (C=O) groups excluding carboxylic acids is 1. The summed E-state index contributed by atoms with van der Waals surface area (Å²) in [5, 5.41) is 11.3. The van der Waals surface area contributed by atoms with Gasteiger partial charge in [-0.15, -0.1) is 0 Å². The number of fused-ring (bicyclic) bond motifs is 1. The normalized spacial score (nSPS) is 14.8. The summed E-state index contributed by atoms with van der Waals surface area (Å²) in [5.41, 5.74) is 8.01. The van der Waals surface area contributed by atoms with Crippen LogP contribution in [0.1, 0.15) is 10.5 Å². The fourth-order valence-corrected chi connectivity index (χ4v) is 2.33. The molecule has 1 aliphatic rings. The number of nitrogens with zero attached hydrogens (tertiary/aromatic N) is 1. The van der Waals surface area contributed by atoms with Gasteiger partial charge in [-0.05, 0) is 12.1 Å². The summed E-state index contributed by atoms with van der Waals surface area (Å²) in [6.45, 7) is 3.22. The highest BCUT2D eigenvalue weighted by atomic mass is 19.4. The summed E-state index contributed by atoms with van der Waals surface area (Å²) in [7, 11) is 0. The zero-order valence-electron chi connectivity index (χ0n) is 13.1. The quantitative estimate of drug-likeness (QED) is 0.576. The number of aromatic nitrogens is 1. The van der Waals surface area contributed by atoms with E-state index >= 15 is 0 Å². The Labute approximate surface area is 140 Å². The second kappa shape index (κ2) is 7.43. The number of carboxylic acid groups (broad SMARTS) is 1. The number of halogens is 3. The standard InChI is InChI=1S/C13H16N4O.C2HF3O2/c14-10-3-1-2-9-8-11(16-12(9)10)13(18)17-6-4-15-5-7-17;3-2(4,5)1(6)7/h1-3,8,15-16H,4-7,14H2;(H,6,7). The number of carboxylic acids is 1. The lowest BCUT2D eigenvalue weighted by molar-refractivity contribution is -0.192. The van der Waals surface area contributed by atoms with E-state index in [1.54, 1.807) is 0 Å². The van der Waals surface area contributed by atoms with E-state index < -0.39 is 12.1 Å². The lowest BCUT2D eigenvalue weighted by Crippen LogP contribution is -2.46. The van der Waals surface area contributed by atoms with Gasteiger partial charge in [0.25, 0.3) is 5.91 Å². The molecule has 1 aromatic carbocycles. The molecule has 10 heteroatoms. The number of hydrogen-bond acceptors (Lipinski definition) is 4. The minimum absolute atomic E-state index is 0.0482. The molecule has 5 N–H and O–H groups in total. The second-order valence-corrected chi connectivity index (χ2v) is 5.34. The number of H-pyrrole nitrogens is 1. The molecule has 1 amide bonds. The zero-order valence-corrected chi connectivity index (χ0v) is 13.1. The van der Waals surface area contributed by atoms with E-state index in [9.17, 15) is 18.0 Å². The van der Waals surface area contributed by atoms with Crippen LogP contribution in [0.3, 0.4) is 0 Å². The van der Waals surface area contributed by atoms with Gasteiger partial charge >= 0.3 is 12.1 Å². The Kier molecular flexibility index (Phi) is 5.52. The molecule has 0 saturated carbocycles. The van der Waals surface area contributed by atoms with Gasteiger partial charge in [0, 0.05) is 31.6 Å². The van der Waals surface area contributed by atoms with E-state index in [0.717, 1.165) is 37.1 Å². The van der Waals surface area contributed by atoms with Crippen molar-refractivity contribution in [2.45, 2.75) is 6.18 Å². The van der Waals surface area contributed by atoms with Crippen molar-refractivity contribution in [3.05, 3.63) is 30.0 Å². The third-order valence-electron chi connectivity index (χ3n) is 3.57. The average molecular weight is 358 g/mol. The van der Waals surface area contributed by atoms with Crippen molar-refractivity contribution in [3.63, 3.8) is 0 Å². The van der Waals surface area contributed by atoms with Crippen molar-refractivity contribution in [1.82, 2.24) is 15.2 Å². The Morgan fingerprint density at radius 3 is 2.32 bits per heavy atom. The van der Waals surface area contributed by atoms with Crippen LogP contribution >= 0.6 is 0 Å². The van der Waals surface area contributed by atoms with E-state index in [1.807, 2.05) is 29.2 Å². The van der Waals surface area contributed by atoms with Crippen LogP contribution in [-0.4, -0.2) is 59.2 Å². The first-order valence-corrected chi connectivity index (χ1v) is 7.37. The van der Waals surface area contributed by atoms with Crippen LogP contribution in [0.5, 0.6) is 0 Å². The Balaban J connectivity index is 0.000000277. The molecular weight excluding hydrogens is 341 g/mol. The summed E-state index contributed by atoms with van der Waals surface area (Å²) < 4.78 is 31.7. The molecule has 0 aliphatic carbocycles. The van der Waals surface area contributed by atoms with Gasteiger partial charge < -0.3 is 26.0 Å². The van der Waals surface area contributed by atoms with Crippen molar-refractivity contribution in [2.75, 3.05) is 31.9 Å². The first-order chi connectivity index (χ1) is 11.7. The topological polar surface area (TPSA) is 111 Å². The number of aromatic amines is 1. The number of nitrogens with one attached hydrogen (secondary N) is 2. The number of piperazine rings is 1.